The summed E-state index contributed by atoms with van der Waals surface area (Å²) in [6.45, 7) is 4.59. The van der Waals surface area contributed by atoms with E-state index in [0.717, 1.165) is 22.3 Å². The van der Waals surface area contributed by atoms with E-state index in [1.807, 2.05) is 55.5 Å². The van der Waals surface area contributed by atoms with Gasteiger partial charge in [-0.2, -0.15) is 0 Å². The Balaban J connectivity index is 1.53. The molecule has 0 spiro atoms. The molecule has 3 aromatic rings. The summed E-state index contributed by atoms with van der Waals surface area (Å²) in [6.07, 6.45) is 0. The number of hydrogen-bond acceptors (Lipinski definition) is 5. The van der Waals surface area contributed by atoms with Gasteiger partial charge in [0.25, 0.3) is 0 Å². The third-order valence-corrected chi connectivity index (χ3v) is 4.92. The van der Waals surface area contributed by atoms with Gasteiger partial charge in [-0.05, 0) is 31.5 Å². The fourth-order valence-corrected chi connectivity index (χ4v) is 3.36. The summed E-state index contributed by atoms with van der Waals surface area (Å²) >= 11 is 1.25. The molecule has 0 saturated heterocycles. The minimum Gasteiger partial charge on any atom is -0.494 e. The maximum Gasteiger partial charge on any atom is 0.321 e. The molecule has 0 bridgehead atoms. The first-order valence-corrected chi connectivity index (χ1v) is 9.85. The number of imide groups is 1. The van der Waals surface area contributed by atoms with Crippen molar-refractivity contribution in [2.45, 2.75) is 30.8 Å². The Morgan fingerprint density at radius 3 is 2.75 bits per heavy atom. The van der Waals surface area contributed by atoms with Crippen LogP contribution in [0.1, 0.15) is 19.4 Å². The highest BCUT2D eigenvalue weighted by atomic mass is 32.2. The third kappa shape index (κ3) is 5.26. The number of ether oxygens (including phenoxy) is 1. The largest absolute Gasteiger partial charge is 0.494 e. The van der Waals surface area contributed by atoms with Gasteiger partial charge in [0.15, 0.2) is 5.16 Å². The molecule has 146 valence electrons. The normalized spacial score (nSPS) is 11.8. The Hall–Kier alpha value is -3.00. The molecule has 28 heavy (non-hydrogen) atoms. The second-order valence-corrected chi connectivity index (χ2v) is 7.40. The van der Waals surface area contributed by atoms with Crippen LogP contribution in [0, 0.1) is 0 Å². The Kier molecular flexibility index (Phi) is 6.54. The van der Waals surface area contributed by atoms with Gasteiger partial charge in [0.2, 0.25) is 5.91 Å². The quantitative estimate of drug-likeness (QED) is 0.530. The highest BCUT2D eigenvalue weighted by Gasteiger charge is 2.19. The monoisotopic (exact) mass is 398 g/mol. The van der Waals surface area contributed by atoms with Crippen molar-refractivity contribution in [3.63, 3.8) is 0 Å². The summed E-state index contributed by atoms with van der Waals surface area (Å²) < 4.78 is 5.48. The van der Waals surface area contributed by atoms with E-state index in [-0.39, 0.29) is 5.91 Å². The van der Waals surface area contributed by atoms with Crippen LogP contribution < -0.4 is 15.4 Å². The smallest absolute Gasteiger partial charge is 0.321 e. The number of urea groups is 1. The Labute approximate surface area is 167 Å². The second kappa shape index (κ2) is 9.27. The molecular weight excluding hydrogens is 376 g/mol. The van der Waals surface area contributed by atoms with Crippen LogP contribution in [0.25, 0.3) is 11.0 Å². The molecule has 3 rings (SSSR count). The van der Waals surface area contributed by atoms with Crippen molar-refractivity contribution < 1.29 is 14.3 Å². The van der Waals surface area contributed by atoms with Gasteiger partial charge in [0, 0.05) is 12.6 Å². The molecule has 0 aliphatic heterocycles. The molecular formula is C20H22N4O3S. The fraction of sp³-hybridized carbons (Fsp3) is 0.250. The number of amides is 3. The van der Waals surface area contributed by atoms with Gasteiger partial charge in [-0.15, -0.1) is 0 Å². The maximum absolute atomic E-state index is 12.3. The van der Waals surface area contributed by atoms with Crippen molar-refractivity contribution in [2.24, 2.45) is 0 Å². The number of fused-ring (bicyclic) bond motifs is 1. The molecule has 0 aliphatic carbocycles. The highest BCUT2D eigenvalue weighted by Crippen LogP contribution is 2.25. The predicted octanol–water partition coefficient (Wildman–Crippen LogP) is 3.47. The average Bonchev–Trinajstić information content (AvgIpc) is 3.09. The summed E-state index contributed by atoms with van der Waals surface area (Å²) in [6, 6.07) is 14.6. The van der Waals surface area contributed by atoms with Crippen molar-refractivity contribution in [1.29, 1.82) is 0 Å². The summed E-state index contributed by atoms with van der Waals surface area (Å²) in [5.41, 5.74) is 2.59. The number of benzene rings is 2. The number of carbonyl (C=O) groups excluding carboxylic acids is 2. The van der Waals surface area contributed by atoms with Crippen LogP contribution in [-0.2, 0) is 11.3 Å². The summed E-state index contributed by atoms with van der Waals surface area (Å²) in [5.74, 6) is 0.377. The standard InChI is InChI=1S/C20H22N4O3S/c1-3-27-15-9-10-16-17(11-15)23-20(22-16)28-13(2)18(25)24-19(26)21-12-14-7-5-4-6-8-14/h4-11,13H,3,12H2,1-2H3,(H,22,23)(H2,21,24,25,26). The van der Waals surface area contributed by atoms with Crippen LogP contribution in [-0.4, -0.2) is 33.8 Å². The molecule has 0 aliphatic rings. The molecule has 1 atom stereocenters. The van der Waals surface area contributed by atoms with Crippen LogP contribution in [0.15, 0.2) is 53.7 Å². The maximum atomic E-state index is 12.3. The lowest BCUT2D eigenvalue weighted by Gasteiger charge is -2.10. The third-order valence-electron chi connectivity index (χ3n) is 3.93. The zero-order valence-electron chi connectivity index (χ0n) is 15.7. The SMILES string of the molecule is CCOc1ccc2nc(SC(C)C(=O)NC(=O)NCc3ccccc3)[nH]c2c1. The van der Waals surface area contributed by atoms with Crippen molar-refractivity contribution in [1.82, 2.24) is 20.6 Å². The average molecular weight is 398 g/mol. The zero-order valence-corrected chi connectivity index (χ0v) is 16.5. The number of H-pyrrole nitrogens is 1. The predicted molar refractivity (Wildman–Crippen MR) is 109 cm³/mol. The van der Waals surface area contributed by atoms with Crippen molar-refractivity contribution in [2.75, 3.05) is 6.61 Å². The van der Waals surface area contributed by atoms with Gasteiger partial charge < -0.3 is 15.0 Å². The van der Waals surface area contributed by atoms with Crippen molar-refractivity contribution in [3.05, 3.63) is 54.1 Å². The number of aromatic nitrogens is 2. The molecule has 1 aromatic heterocycles. The molecule has 0 fully saturated rings. The van der Waals surface area contributed by atoms with E-state index in [0.29, 0.717) is 18.3 Å². The van der Waals surface area contributed by atoms with Gasteiger partial charge >= 0.3 is 6.03 Å². The van der Waals surface area contributed by atoms with Crippen LogP contribution in [0.3, 0.4) is 0 Å². The number of nitrogens with one attached hydrogen (secondary N) is 3. The second-order valence-electron chi connectivity index (χ2n) is 6.07. The summed E-state index contributed by atoms with van der Waals surface area (Å²) in [5, 5.41) is 5.15. The highest BCUT2D eigenvalue weighted by molar-refractivity contribution is 8.00. The van der Waals surface area contributed by atoms with E-state index < -0.39 is 11.3 Å². The first-order chi connectivity index (χ1) is 13.5. The lowest BCUT2D eigenvalue weighted by atomic mass is 10.2. The molecule has 0 radical (unpaired) electrons. The zero-order chi connectivity index (χ0) is 19.9. The van der Waals surface area contributed by atoms with Crippen molar-refractivity contribution in [3.8, 4) is 5.75 Å². The molecule has 1 heterocycles. The molecule has 7 nitrogen and oxygen atoms in total. The number of imidazole rings is 1. The lowest BCUT2D eigenvalue weighted by molar-refractivity contribution is -0.119. The lowest BCUT2D eigenvalue weighted by Crippen LogP contribution is -2.42. The number of hydrogen-bond donors (Lipinski definition) is 3. The molecule has 1 unspecified atom stereocenters. The number of nitrogens with zero attached hydrogens (tertiary/aromatic N) is 1. The van der Waals surface area contributed by atoms with E-state index >= 15 is 0 Å². The van der Waals surface area contributed by atoms with E-state index in [4.69, 9.17) is 4.74 Å². The van der Waals surface area contributed by atoms with Gasteiger partial charge in [-0.1, -0.05) is 42.1 Å². The minimum atomic E-state index is -0.521. The molecule has 8 heteroatoms. The van der Waals surface area contributed by atoms with Crippen LogP contribution in [0.2, 0.25) is 0 Å². The van der Waals surface area contributed by atoms with E-state index in [1.165, 1.54) is 11.8 Å². The number of rotatable bonds is 7. The van der Waals surface area contributed by atoms with Gasteiger partial charge in [-0.25, -0.2) is 9.78 Å². The number of thioether (sulfide) groups is 1. The van der Waals surface area contributed by atoms with E-state index in [9.17, 15) is 9.59 Å². The Morgan fingerprint density at radius 1 is 1.21 bits per heavy atom. The van der Waals surface area contributed by atoms with Gasteiger partial charge in [0.1, 0.15) is 5.75 Å². The summed E-state index contributed by atoms with van der Waals surface area (Å²) in [4.78, 5) is 31.8. The topological polar surface area (TPSA) is 96.1 Å². The van der Waals surface area contributed by atoms with Crippen molar-refractivity contribution >= 4 is 34.7 Å². The number of aromatic amines is 1. The Bertz CT molecular complexity index is 958. The molecule has 2 aromatic carbocycles. The van der Waals surface area contributed by atoms with Crippen LogP contribution >= 0.6 is 11.8 Å². The number of carbonyl (C=O) groups is 2. The minimum absolute atomic E-state index is 0.354. The Morgan fingerprint density at radius 2 is 2.00 bits per heavy atom. The van der Waals surface area contributed by atoms with Gasteiger partial charge in [0.05, 0.1) is 22.9 Å². The van der Waals surface area contributed by atoms with Gasteiger partial charge in [-0.3, -0.25) is 10.1 Å². The van der Waals surface area contributed by atoms with Crippen LogP contribution in [0.5, 0.6) is 5.75 Å². The summed E-state index contributed by atoms with van der Waals surface area (Å²) in [7, 11) is 0. The van der Waals surface area contributed by atoms with Crippen LogP contribution in [0.4, 0.5) is 4.79 Å². The first kappa shape index (κ1) is 19.8. The first-order valence-electron chi connectivity index (χ1n) is 8.97. The van der Waals surface area contributed by atoms with E-state index in [2.05, 4.69) is 20.6 Å². The van der Waals surface area contributed by atoms with E-state index in [1.54, 1.807) is 6.92 Å². The fourth-order valence-electron chi connectivity index (χ4n) is 2.53. The molecule has 0 saturated carbocycles. The molecule has 3 N–H and O–H groups in total. The molecule has 3 amide bonds.